The second-order valence-corrected chi connectivity index (χ2v) is 5.88. The molecule has 3 aromatic heterocycles. The maximum atomic E-state index is 12.9. The number of ether oxygens (including phenoxy) is 1. The molecule has 0 atom stereocenters. The third kappa shape index (κ3) is 3.47. The Morgan fingerprint density at radius 3 is 2.76 bits per heavy atom. The van der Waals surface area contributed by atoms with Gasteiger partial charge in [0, 0.05) is 32.2 Å². The van der Waals surface area contributed by atoms with Crippen molar-refractivity contribution in [3.8, 4) is 5.75 Å². The van der Waals surface area contributed by atoms with Crippen LogP contribution in [0.4, 0.5) is 0 Å². The van der Waals surface area contributed by atoms with E-state index in [0.29, 0.717) is 35.9 Å². The lowest BCUT2D eigenvalue weighted by molar-refractivity contribution is 0.0789. The summed E-state index contributed by atoms with van der Waals surface area (Å²) in [7, 11) is 1.81. The molecule has 0 saturated heterocycles. The Kier molecular flexibility index (Phi) is 4.97. The Balaban J connectivity index is 1.84. The molecule has 25 heavy (non-hydrogen) atoms. The van der Waals surface area contributed by atoms with E-state index in [4.69, 9.17) is 4.74 Å². The lowest BCUT2D eigenvalue weighted by Crippen LogP contribution is -2.30. The number of hydrogen-bond donors (Lipinski definition) is 0. The van der Waals surface area contributed by atoms with Gasteiger partial charge in [-0.25, -0.2) is 4.98 Å². The van der Waals surface area contributed by atoms with Gasteiger partial charge in [-0.2, -0.15) is 0 Å². The Morgan fingerprint density at radius 2 is 2.04 bits per heavy atom. The number of aromatic nitrogens is 3. The first-order chi connectivity index (χ1) is 12.1. The van der Waals surface area contributed by atoms with Gasteiger partial charge in [0.2, 0.25) is 0 Å². The van der Waals surface area contributed by atoms with Gasteiger partial charge in [-0.05, 0) is 50.1 Å². The third-order valence-corrected chi connectivity index (χ3v) is 4.12. The van der Waals surface area contributed by atoms with E-state index in [1.165, 1.54) is 0 Å². The van der Waals surface area contributed by atoms with Crippen LogP contribution in [-0.2, 0) is 6.42 Å². The number of hydrogen-bond acceptors (Lipinski definition) is 4. The second kappa shape index (κ2) is 7.34. The minimum absolute atomic E-state index is 0.0484. The summed E-state index contributed by atoms with van der Waals surface area (Å²) in [5.41, 5.74) is 3.11. The molecule has 1 amide bonds. The molecular formula is C19H22N4O2. The highest BCUT2D eigenvalue weighted by atomic mass is 16.5. The summed E-state index contributed by atoms with van der Waals surface area (Å²) in [6.45, 7) is 4.96. The molecule has 0 aromatic carbocycles. The average Bonchev–Trinajstić information content (AvgIpc) is 2.97. The van der Waals surface area contributed by atoms with Crippen LogP contribution in [0.1, 0.15) is 28.7 Å². The van der Waals surface area contributed by atoms with Gasteiger partial charge in [0.15, 0.2) is 11.4 Å². The standard InChI is InChI=1S/C19H22N4O2/c1-4-25-16-6-5-12-23-17(14(2)21-18(16)23)19(24)22(3)13-9-15-7-10-20-11-8-15/h5-8,10-12H,4,9,13H2,1-3H3. The molecule has 0 aliphatic heterocycles. The molecule has 0 spiro atoms. The fourth-order valence-corrected chi connectivity index (χ4v) is 2.81. The zero-order valence-electron chi connectivity index (χ0n) is 14.8. The molecule has 0 unspecified atom stereocenters. The fraction of sp³-hybridized carbons (Fsp3) is 0.316. The van der Waals surface area contributed by atoms with Gasteiger partial charge < -0.3 is 9.64 Å². The third-order valence-electron chi connectivity index (χ3n) is 4.12. The number of carbonyl (C=O) groups is 1. The first kappa shape index (κ1) is 17.0. The normalized spacial score (nSPS) is 10.8. The molecule has 3 heterocycles. The summed E-state index contributed by atoms with van der Waals surface area (Å²) in [6.07, 6.45) is 6.16. The highest BCUT2D eigenvalue weighted by Crippen LogP contribution is 2.22. The van der Waals surface area contributed by atoms with Gasteiger partial charge >= 0.3 is 0 Å². The Bertz CT molecular complexity index is 874. The van der Waals surface area contributed by atoms with Crippen molar-refractivity contribution in [2.45, 2.75) is 20.3 Å². The van der Waals surface area contributed by atoms with Crippen molar-refractivity contribution in [1.29, 1.82) is 0 Å². The fourth-order valence-electron chi connectivity index (χ4n) is 2.81. The van der Waals surface area contributed by atoms with E-state index in [-0.39, 0.29) is 5.91 Å². The lowest BCUT2D eigenvalue weighted by Gasteiger charge is -2.17. The molecule has 3 rings (SSSR count). The summed E-state index contributed by atoms with van der Waals surface area (Å²) < 4.78 is 7.43. The molecule has 0 N–H and O–H groups in total. The lowest BCUT2D eigenvalue weighted by atomic mass is 10.2. The zero-order chi connectivity index (χ0) is 17.8. The first-order valence-electron chi connectivity index (χ1n) is 8.36. The maximum Gasteiger partial charge on any atom is 0.272 e. The number of nitrogens with zero attached hydrogens (tertiary/aromatic N) is 4. The minimum Gasteiger partial charge on any atom is -0.490 e. The van der Waals surface area contributed by atoms with Crippen LogP contribution in [0.2, 0.25) is 0 Å². The van der Waals surface area contributed by atoms with Crippen molar-refractivity contribution in [3.63, 3.8) is 0 Å². The first-order valence-corrected chi connectivity index (χ1v) is 8.36. The van der Waals surface area contributed by atoms with Crippen molar-refractivity contribution >= 4 is 11.6 Å². The van der Waals surface area contributed by atoms with Crippen molar-refractivity contribution in [2.75, 3.05) is 20.2 Å². The molecule has 6 heteroatoms. The molecule has 6 nitrogen and oxygen atoms in total. The predicted octanol–water partition coefficient (Wildman–Crippen LogP) is 2.75. The van der Waals surface area contributed by atoms with Gasteiger partial charge in [-0.3, -0.25) is 14.2 Å². The number of fused-ring (bicyclic) bond motifs is 1. The van der Waals surface area contributed by atoms with Gasteiger partial charge in [-0.15, -0.1) is 0 Å². The van der Waals surface area contributed by atoms with Crippen LogP contribution >= 0.6 is 0 Å². The topological polar surface area (TPSA) is 59.7 Å². The van der Waals surface area contributed by atoms with E-state index < -0.39 is 0 Å². The van der Waals surface area contributed by atoms with Crippen LogP contribution in [0, 0.1) is 6.92 Å². The quantitative estimate of drug-likeness (QED) is 0.693. The molecule has 0 bridgehead atoms. The van der Waals surface area contributed by atoms with Crippen LogP contribution in [0.25, 0.3) is 5.65 Å². The monoisotopic (exact) mass is 338 g/mol. The maximum absolute atomic E-state index is 12.9. The highest BCUT2D eigenvalue weighted by molar-refractivity contribution is 5.94. The van der Waals surface area contributed by atoms with E-state index in [2.05, 4.69) is 9.97 Å². The average molecular weight is 338 g/mol. The number of aryl methyl sites for hydroxylation is 1. The van der Waals surface area contributed by atoms with Crippen LogP contribution < -0.4 is 4.74 Å². The van der Waals surface area contributed by atoms with Gasteiger partial charge in [0.05, 0.1) is 12.3 Å². The van der Waals surface area contributed by atoms with Crippen LogP contribution in [0.5, 0.6) is 5.75 Å². The molecule has 0 saturated carbocycles. The van der Waals surface area contributed by atoms with Gasteiger partial charge in [0.1, 0.15) is 5.69 Å². The smallest absolute Gasteiger partial charge is 0.272 e. The number of rotatable bonds is 6. The SMILES string of the molecule is CCOc1cccn2c(C(=O)N(C)CCc3ccncc3)c(C)nc12. The predicted molar refractivity (Wildman–Crippen MR) is 96.0 cm³/mol. The molecular weight excluding hydrogens is 316 g/mol. The second-order valence-electron chi connectivity index (χ2n) is 5.88. The summed E-state index contributed by atoms with van der Waals surface area (Å²) in [4.78, 5) is 23.2. The van der Waals surface area contributed by atoms with Crippen LogP contribution in [0.3, 0.4) is 0 Å². The number of likely N-dealkylation sites (N-methyl/N-ethyl adjacent to an activating group) is 1. The van der Waals surface area contributed by atoms with E-state index in [9.17, 15) is 4.79 Å². The van der Waals surface area contributed by atoms with E-state index in [1.54, 1.807) is 17.3 Å². The number of carbonyl (C=O) groups excluding carboxylic acids is 1. The largest absolute Gasteiger partial charge is 0.490 e. The van der Waals surface area contributed by atoms with Gasteiger partial charge in [0.25, 0.3) is 5.91 Å². The Hall–Kier alpha value is -2.89. The summed E-state index contributed by atoms with van der Waals surface area (Å²) in [5, 5.41) is 0. The van der Waals surface area contributed by atoms with Gasteiger partial charge in [-0.1, -0.05) is 0 Å². The highest BCUT2D eigenvalue weighted by Gasteiger charge is 2.21. The number of amides is 1. The number of imidazole rings is 1. The molecule has 0 fully saturated rings. The van der Waals surface area contributed by atoms with Crippen molar-refractivity contribution in [1.82, 2.24) is 19.3 Å². The number of pyridine rings is 2. The summed E-state index contributed by atoms with van der Waals surface area (Å²) >= 11 is 0. The van der Waals surface area contributed by atoms with Crippen molar-refractivity contribution in [2.24, 2.45) is 0 Å². The molecule has 0 aliphatic rings. The molecule has 130 valence electrons. The minimum atomic E-state index is -0.0484. The van der Waals surface area contributed by atoms with Crippen LogP contribution in [-0.4, -0.2) is 45.4 Å². The molecule has 0 radical (unpaired) electrons. The van der Waals surface area contributed by atoms with E-state index in [0.717, 1.165) is 12.0 Å². The zero-order valence-corrected chi connectivity index (χ0v) is 14.8. The molecule has 3 aromatic rings. The summed E-state index contributed by atoms with van der Waals surface area (Å²) in [5.74, 6) is 0.638. The van der Waals surface area contributed by atoms with Crippen LogP contribution in [0.15, 0.2) is 42.9 Å². The van der Waals surface area contributed by atoms with Crippen molar-refractivity contribution in [3.05, 3.63) is 59.8 Å². The summed E-state index contributed by atoms with van der Waals surface area (Å²) in [6, 6.07) is 7.66. The van der Waals surface area contributed by atoms with Crippen molar-refractivity contribution < 1.29 is 9.53 Å². The van der Waals surface area contributed by atoms with E-state index >= 15 is 0 Å². The van der Waals surface area contributed by atoms with E-state index in [1.807, 2.05) is 55.8 Å². The Labute approximate surface area is 147 Å². The molecule has 0 aliphatic carbocycles. The Morgan fingerprint density at radius 1 is 1.28 bits per heavy atom.